The van der Waals surface area contributed by atoms with Gasteiger partial charge in [-0.2, -0.15) is 15.1 Å². The molecule has 0 radical (unpaired) electrons. The van der Waals surface area contributed by atoms with Gasteiger partial charge in [0, 0.05) is 5.92 Å². The van der Waals surface area contributed by atoms with Crippen molar-refractivity contribution in [2.45, 2.75) is 26.9 Å². The lowest BCUT2D eigenvalue weighted by Crippen LogP contribution is -2.35. The van der Waals surface area contributed by atoms with Crippen LogP contribution >= 0.6 is 11.8 Å². The summed E-state index contributed by atoms with van der Waals surface area (Å²) < 4.78 is 11.6. The van der Waals surface area contributed by atoms with Crippen LogP contribution < -0.4 is 9.47 Å². The summed E-state index contributed by atoms with van der Waals surface area (Å²) >= 11 is 1.33. The van der Waals surface area contributed by atoms with Crippen LogP contribution in [-0.2, 0) is 4.79 Å². The van der Waals surface area contributed by atoms with E-state index >= 15 is 0 Å². The molecule has 1 amide bonds. The molecule has 4 rings (SSSR count). The van der Waals surface area contributed by atoms with Gasteiger partial charge in [-0.25, -0.2) is 0 Å². The van der Waals surface area contributed by atoms with Gasteiger partial charge in [0.1, 0.15) is 11.1 Å². The van der Waals surface area contributed by atoms with Gasteiger partial charge < -0.3 is 9.47 Å². The predicted molar refractivity (Wildman–Crippen MR) is 128 cm³/mol. The number of amides is 1. The highest BCUT2D eigenvalue weighted by Crippen LogP contribution is 2.34. The van der Waals surface area contributed by atoms with Gasteiger partial charge in [0.2, 0.25) is 5.17 Å². The number of hydrogen-bond acceptors (Lipinski definition) is 6. The van der Waals surface area contributed by atoms with Crippen LogP contribution in [0.5, 0.6) is 11.5 Å². The fourth-order valence-corrected chi connectivity index (χ4v) is 4.15. The van der Waals surface area contributed by atoms with Gasteiger partial charge in [0.15, 0.2) is 17.3 Å². The molecule has 2 aromatic carbocycles. The third-order valence-corrected chi connectivity index (χ3v) is 6.24. The second-order valence-electron chi connectivity index (χ2n) is 7.69. The standard InChI is InChI=1S/C24H24N4O3S/c1-14(2)23-27-28-21(25)18(22(29)26-24(28)32-23)12-16-10-11-19(20(13-16)30-4)31-15(3)17-8-6-5-7-9-17/h5-15,25H,1-4H3. The molecule has 0 aliphatic carbocycles. The normalized spacial score (nSPS) is 17.9. The molecule has 7 nitrogen and oxygen atoms in total. The second-order valence-corrected chi connectivity index (χ2v) is 8.68. The Labute approximate surface area is 191 Å². The molecule has 2 aliphatic rings. The molecule has 0 saturated carbocycles. The van der Waals surface area contributed by atoms with Crippen LogP contribution in [0, 0.1) is 11.3 Å². The van der Waals surface area contributed by atoms with E-state index in [1.165, 1.54) is 16.8 Å². The van der Waals surface area contributed by atoms with E-state index in [1.54, 1.807) is 25.3 Å². The Morgan fingerprint density at radius 2 is 1.84 bits per heavy atom. The molecule has 1 N–H and O–H groups in total. The van der Waals surface area contributed by atoms with Crippen LogP contribution in [0.4, 0.5) is 0 Å². The monoisotopic (exact) mass is 448 g/mol. The number of thioether (sulfide) groups is 1. The number of rotatable bonds is 6. The number of hydrazone groups is 1. The Hall–Kier alpha value is -3.39. The average Bonchev–Trinajstić information content (AvgIpc) is 3.22. The van der Waals surface area contributed by atoms with Gasteiger partial charge >= 0.3 is 0 Å². The van der Waals surface area contributed by atoms with Crippen molar-refractivity contribution in [1.82, 2.24) is 5.01 Å². The summed E-state index contributed by atoms with van der Waals surface area (Å²) in [5.74, 6) is 0.890. The molecule has 0 saturated heterocycles. The highest BCUT2D eigenvalue weighted by molar-refractivity contribution is 8.27. The van der Waals surface area contributed by atoms with Gasteiger partial charge in [-0.3, -0.25) is 10.2 Å². The van der Waals surface area contributed by atoms with E-state index in [1.807, 2.05) is 57.2 Å². The first-order chi connectivity index (χ1) is 15.4. The number of carbonyl (C=O) groups is 1. The molecule has 8 heteroatoms. The predicted octanol–water partition coefficient (Wildman–Crippen LogP) is 5.11. The lowest BCUT2D eigenvalue weighted by molar-refractivity contribution is -0.114. The van der Waals surface area contributed by atoms with Crippen molar-refractivity contribution >= 4 is 39.8 Å². The van der Waals surface area contributed by atoms with Crippen molar-refractivity contribution in [2.24, 2.45) is 16.0 Å². The van der Waals surface area contributed by atoms with E-state index in [0.717, 1.165) is 10.6 Å². The van der Waals surface area contributed by atoms with Gasteiger partial charge in [0.25, 0.3) is 5.91 Å². The number of amidine groups is 2. The maximum Gasteiger partial charge on any atom is 0.283 e. The number of methoxy groups -OCH3 is 1. The van der Waals surface area contributed by atoms with Gasteiger partial charge in [0.05, 0.1) is 12.7 Å². The fourth-order valence-electron chi connectivity index (χ4n) is 3.26. The van der Waals surface area contributed by atoms with Crippen molar-refractivity contribution in [3.05, 3.63) is 65.2 Å². The van der Waals surface area contributed by atoms with Crippen LogP contribution in [-0.4, -0.2) is 34.1 Å². The Bertz CT molecular complexity index is 1160. The summed E-state index contributed by atoms with van der Waals surface area (Å²) in [4.78, 5) is 16.7. The van der Waals surface area contributed by atoms with E-state index in [2.05, 4.69) is 10.1 Å². The molecule has 0 fully saturated rings. The van der Waals surface area contributed by atoms with E-state index in [0.29, 0.717) is 22.2 Å². The minimum Gasteiger partial charge on any atom is -0.493 e. The molecule has 0 aromatic heterocycles. The first kappa shape index (κ1) is 21.8. The quantitative estimate of drug-likeness (QED) is 0.621. The Balaban J connectivity index is 1.59. The van der Waals surface area contributed by atoms with Gasteiger partial charge in [-0.05, 0) is 48.0 Å². The highest BCUT2D eigenvalue weighted by Gasteiger charge is 2.36. The van der Waals surface area contributed by atoms with E-state index < -0.39 is 5.91 Å². The number of nitrogens with zero attached hydrogens (tertiary/aromatic N) is 3. The number of hydrogen-bond donors (Lipinski definition) is 1. The molecule has 164 valence electrons. The zero-order valence-corrected chi connectivity index (χ0v) is 19.1. The molecule has 0 spiro atoms. The maximum absolute atomic E-state index is 12.6. The Morgan fingerprint density at radius 3 is 2.53 bits per heavy atom. The van der Waals surface area contributed by atoms with Crippen molar-refractivity contribution in [3.63, 3.8) is 0 Å². The lowest BCUT2D eigenvalue weighted by atomic mass is 10.1. The highest BCUT2D eigenvalue weighted by atomic mass is 32.2. The first-order valence-electron chi connectivity index (χ1n) is 10.3. The number of aliphatic imine (C=N–C) groups is 1. The van der Waals surface area contributed by atoms with Crippen molar-refractivity contribution in [3.8, 4) is 11.5 Å². The van der Waals surface area contributed by atoms with Gasteiger partial charge in [-0.1, -0.05) is 50.2 Å². The van der Waals surface area contributed by atoms with Crippen LogP contribution in [0.1, 0.15) is 38.0 Å². The van der Waals surface area contributed by atoms with Crippen molar-refractivity contribution in [1.29, 1.82) is 5.41 Å². The summed E-state index contributed by atoms with van der Waals surface area (Å²) in [5, 5.41) is 15.6. The van der Waals surface area contributed by atoms with Crippen LogP contribution in [0.15, 0.2) is 64.2 Å². The molecule has 1 unspecified atom stereocenters. The van der Waals surface area contributed by atoms with Crippen LogP contribution in [0.2, 0.25) is 0 Å². The lowest BCUT2D eigenvalue weighted by Gasteiger charge is -2.20. The number of fused-ring (bicyclic) bond motifs is 1. The molecule has 2 heterocycles. The number of ether oxygens (including phenoxy) is 2. The molecular weight excluding hydrogens is 424 g/mol. The Morgan fingerprint density at radius 1 is 1.09 bits per heavy atom. The number of carbonyl (C=O) groups excluding carboxylic acids is 1. The van der Waals surface area contributed by atoms with Crippen LogP contribution in [0.3, 0.4) is 0 Å². The van der Waals surface area contributed by atoms with E-state index in [4.69, 9.17) is 14.9 Å². The summed E-state index contributed by atoms with van der Waals surface area (Å²) in [6.45, 7) is 6.01. The average molecular weight is 449 g/mol. The van der Waals surface area contributed by atoms with Crippen molar-refractivity contribution in [2.75, 3.05) is 7.11 Å². The smallest absolute Gasteiger partial charge is 0.283 e. The summed E-state index contributed by atoms with van der Waals surface area (Å²) in [7, 11) is 1.57. The Kier molecular flexibility index (Phi) is 6.14. The van der Waals surface area contributed by atoms with Gasteiger partial charge in [-0.15, -0.1) is 0 Å². The third-order valence-electron chi connectivity index (χ3n) is 5.04. The van der Waals surface area contributed by atoms with Crippen LogP contribution in [0.25, 0.3) is 6.08 Å². The first-order valence-corrected chi connectivity index (χ1v) is 11.1. The maximum atomic E-state index is 12.6. The molecule has 0 bridgehead atoms. The summed E-state index contributed by atoms with van der Waals surface area (Å²) in [5.41, 5.74) is 1.94. The summed E-state index contributed by atoms with van der Waals surface area (Å²) in [6.07, 6.45) is 1.47. The number of benzene rings is 2. The summed E-state index contributed by atoms with van der Waals surface area (Å²) in [6, 6.07) is 15.3. The SMILES string of the molecule is COc1cc(C=C2C(=N)N3N=C(C(C)C)SC3=NC2=O)ccc1OC(C)c1ccccc1. The third kappa shape index (κ3) is 4.31. The minimum absolute atomic E-state index is 0.0140. The molecule has 2 aliphatic heterocycles. The largest absolute Gasteiger partial charge is 0.493 e. The van der Waals surface area contributed by atoms with E-state index in [9.17, 15) is 4.79 Å². The topological polar surface area (TPSA) is 87.3 Å². The fraction of sp³-hybridized carbons (Fsp3) is 0.250. The molecular formula is C24H24N4O3S. The molecule has 32 heavy (non-hydrogen) atoms. The second kappa shape index (κ2) is 9.00. The number of nitrogens with one attached hydrogen (secondary N) is 1. The minimum atomic E-state index is -0.453. The zero-order valence-electron chi connectivity index (χ0n) is 18.3. The van der Waals surface area contributed by atoms with Crippen molar-refractivity contribution < 1.29 is 14.3 Å². The molecule has 1 atom stereocenters. The van der Waals surface area contributed by atoms with E-state index in [-0.39, 0.29) is 23.4 Å². The zero-order chi connectivity index (χ0) is 22.8. The molecule has 2 aromatic rings.